The number of aromatic nitrogens is 1. The molecule has 0 fully saturated rings. The Balaban J connectivity index is 2.41. The summed E-state index contributed by atoms with van der Waals surface area (Å²) in [7, 11) is 0. The minimum absolute atomic E-state index is 0.0456. The maximum Gasteiger partial charge on any atom is 0.306 e. The number of carbonyl (C=O) groups is 1. The molecular weight excluding hydrogens is 382 g/mol. The summed E-state index contributed by atoms with van der Waals surface area (Å²) in [5, 5.41) is 0. The molecule has 0 aliphatic heterocycles. The first-order chi connectivity index (χ1) is 20.2. The molecule has 0 saturated heterocycles. The van der Waals surface area contributed by atoms with Crippen LogP contribution in [0.4, 0.5) is 0 Å². The van der Waals surface area contributed by atoms with E-state index < -0.39 is 82.7 Å². The summed E-state index contributed by atoms with van der Waals surface area (Å²) in [6.07, 6.45) is -8.31. The van der Waals surface area contributed by atoms with E-state index in [0.29, 0.717) is 6.42 Å². The first-order valence-corrected chi connectivity index (χ1v) is 11.3. The zero-order valence-corrected chi connectivity index (χ0v) is 18.9. The van der Waals surface area contributed by atoms with Gasteiger partial charge in [-0.2, -0.15) is 0 Å². The SMILES string of the molecule is [2H]C(CC)C([2H])CC([2H])C([2H])CC([2H])C([2H])CC([2H])C([2H])CC([2H])C([2H])CC([2H])C([2H])CCC(=O)OCc1cccnc1. The zero-order chi connectivity index (χ0) is 32.7. The number of hydrogen-bond acceptors (Lipinski definition) is 3. The van der Waals surface area contributed by atoms with Gasteiger partial charge >= 0.3 is 5.97 Å². The quantitative estimate of drug-likeness (QED) is 0.168. The van der Waals surface area contributed by atoms with Crippen LogP contribution in [0.2, 0.25) is 0 Å². The highest BCUT2D eigenvalue weighted by Gasteiger charge is 2.03. The fraction of sp³-hybridized carbons (Fsp3) is 0.786. The molecule has 0 amide bonds. The van der Waals surface area contributed by atoms with Gasteiger partial charge in [0.25, 0.3) is 0 Å². The lowest BCUT2D eigenvalue weighted by Crippen LogP contribution is -2.04. The van der Waals surface area contributed by atoms with Gasteiger partial charge in [-0.25, -0.2) is 0 Å². The Morgan fingerprint density at radius 3 is 1.74 bits per heavy atom. The molecule has 3 nitrogen and oxygen atoms in total. The van der Waals surface area contributed by atoms with E-state index in [0.717, 1.165) is 5.56 Å². The molecule has 0 aliphatic carbocycles. The standard InChI is InChI=1S/C28H49NO2/c1-2-3-4-5-6-7-8-9-10-11-12-13-14-15-16-17-18-19-20-23-28(30)31-26-27-22-21-24-29-25-27/h21-22,24-25H,2-20,23,26H2,1H3/i3D,4D,6D,7D,9D,10D,12D,13D,15D,16D,18D,19D. The van der Waals surface area contributed by atoms with E-state index in [2.05, 4.69) is 4.98 Å². The molecule has 0 aromatic carbocycles. The molecule has 0 spiro atoms. The molecule has 1 aromatic rings. The van der Waals surface area contributed by atoms with Crippen molar-refractivity contribution in [2.75, 3.05) is 0 Å². The minimum atomic E-state index is -1.08. The molecule has 0 radical (unpaired) electrons. The molecule has 12 atom stereocenters. The predicted molar refractivity (Wildman–Crippen MR) is 132 cm³/mol. The highest BCUT2D eigenvalue weighted by atomic mass is 16.5. The molecule has 0 aliphatic rings. The molecule has 178 valence electrons. The third-order valence-electron chi connectivity index (χ3n) is 4.23. The van der Waals surface area contributed by atoms with E-state index in [1.165, 1.54) is 0 Å². The minimum Gasteiger partial charge on any atom is -0.461 e. The van der Waals surface area contributed by atoms with Crippen molar-refractivity contribution in [2.24, 2.45) is 0 Å². The number of rotatable bonds is 22. The van der Waals surface area contributed by atoms with Crippen LogP contribution in [-0.2, 0) is 16.1 Å². The van der Waals surface area contributed by atoms with Gasteiger partial charge in [0.05, 0.1) is 0 Å². The highest BCUT2D eigenvalue weighted by molar-refractivity contribution is 5.69. The van der Waals surface area contributed by atoms with Gasteiger partial charge in [-0.1, -0.05) is 128 Å². The molecule has 12 unspecified atom stereocenters. The lowest BCUT2D eigenvalue weighted by molar-refractivity contribution is -0.145. The van der Waals surface area contributed by atoms with E-state index in [1.54, 1.807) is 31.5 Å². The first kappa shape index (κ1) is 14.0. The molecule has 3 heteroatoms. The van der Waals surface area contributed by atoms with Crippen molar-refractivity contribution in [3.05, 3.63) is 30.1 Å². The van der Waals surface area contributed by atoms with Gasteiger partial charge in [0.1, 0.15) is 6.61 Å². The average molecular weight is 444 g/mol. The number of ether oxygens (including phenoxy) is 1. The Bertz CT molecular complexity index is 891. The van der Waals surface area contributed by atoms with Crippen LogP contribution in [-0.4, -0.2) is 11.0 Å². The second-order valence-corrected chi connectivity index (χ2v) is 6.98. The van der Waals surface area contributed by atoms with Crippen LogP contribution in [0.5, 0.6) is 0 Å². The summed E-state index contributed by atoms with van der Waals surface area (Å²) in [5.74, 6) is -0.497. The van der Waals surface area contributed by atoms with Crippen LogP contribution in [0.1, 0.15) is 157 Å². The molecule has 31 heavy (non-hydrogen) atoms. The second kappa shape index (κ2) is 21.8. The van der Waals surface area contributed by atoms with Gasteiger partial charge < -0.3 is 4.74 Å². The number of pyridine rings is 1. The van der Waals surface area contributed by atoms with Crippen LogP contribution in [0, 0.1) is 0 Å². The molecule has 0 saturated carbocycles. The zero-order valence-electron chi connectivity index (χ0n) is 30.9. The normalized spacial score (nSPS) is 28.8. The summed E-state index contributed by atoms with van der Waals surface area (Å²) >= 11 is 0. The summed E-state index contributed by atoms with van der Waals surface area (Å²) in [6.45, 7) is 1.86. The molecular formula is C28H49NO2. The van der Waals surface area contributed by atoms with Gasteiger partial charge in [-0.15, -0.1) is 0 Å². The maximum absolute atomic E-state index is 12.0. The lowest BCUT2D eigenvalue weighted by Gasteiger charge is -2.05. The number of hydrogen-bond donors (Lipinski definition) is 0. The van der Waals surface area contributed by atoms with Crippen molar-refractivity contribution in [3.8, 4) is 0 Å². The van der Waals surface area contributed by atoms with Crippen molar-refractivity contribution in [2.45, 2.75) is 142 Å². The van der Waals surface area contributed by atoms with Crippen molar-refractivity contribution in [1.29, 1.82) is 0 Å². The lowest BCUT2D eigenvalue weighted by atomic mass is 10.0. The fourth-order valence-corrected chi connectivity index (χ4v) is 2.56. The van der Waals surface area contributed by atoms with E-state index in [4.69, 9.17) is 21.2 Å². The van der Waals surface area contributed by atoms with E-state index in [-0.39, 0.29) is 51.6 Å². The Kier molecular flexibility index (Phi) is 9.87. The van der Waals surface area contributed by atoms with Crippen LogP contribution < -0.4 is 0 Å². The topological polar surface area (TPSA) is 39.2 Å². The molecule has 1 aromatic heterocycles. The Labute approximate surface area is 209 Å². The largest absolute Gasteiger partial charge is 0.461 e. The summed E-state index contributed by atoms with van der Waals surface area (Å²) in [4.78, 5) is 15.9. The monoisotopic (exact) mass is 443 g/mol. The summed E-state index contributed by atoms with van der Waals surface area (Å²) in [6, 6.07) is 3.49. The van der Waals surface area contributed by atoms with Crippen LogP contribution >= 0.6 is 0 Å². The maximum atomic E-state index is 12.0. The van der Waals surface area contributed by atoms with Crippen LogP contribution in [0.15, 0.2) is 24.5 Å². The van der Waals surface area contributed by atoms with Crippen molar-refractivity contribution in [3.63, 3.8) is 0 Å². The van der Waals surface area contributed by atoms with Crippen LogP contribution in [0.25, 0.3) is 0 Å². The molecule has 0 N–H and O–H groups in total. The van der Waals surface area contributed by atoms with Crippen LogP contribution in [0.3, 0.4) is 0 Å². The fourth-order valence-electron chi connectivity index (χ4n) is 2.56. The van der Waals surface area contributed by atoms with E-state index >= 15 is 0 Å². The Hall–Kier alpha value is -1.38. The number of nitrogens with zero attached hydrogens (tertiary/aromatic N) is 1. The number of esters is 1. The second-order valence-electron chi connectivity index (χ2n) is 6.98. The summed E-state index contributed by atoms with van der Waals surface area (Å²) < 4.78 is 103. The Morgan fingerprint density at radius 2 is 1.29 bits per heavy atom. The average Bonchev–Trinajstić information content (AvgIpc) is 2.98. The van der Waals surface area contributed by atoms with Gasteiger partial charge in [-0.05, 0) is 12.5 Å². The smallest absolute Gasteiger partial charge is 0.306 e. The predicted octanol–water partition coefficient (Wildman–Crippen LogP) is 8.95. The van der Waals surface area contributed by atoms with E-state index in [1.807, 2.05) is 0 Å². The Morgan fingerprint density at radius 1 is 0.806 bits per heavy atom. The third-order valence-corrected chi connectivity index (χ3v) is 4.23. The third kappa shape index (κ3) is 19.1. The highest BCUT2D eigenvalue weighted by Crippen LogP contribution is 2.15. The van der Waals surface area contributed by atoms with E-state index in [9.17, 15) is 4.79 Å². The van der Waals surface area contributed by atoms with Gasteiger partial charge in [0.15, 0.2) is 0 Å². The van der Waals surface area contributed by atoms with Gasteiger partial charge in [-0.3, -0.25) is 9.78 Å². The summed E-state index contributed by atoms with van der Waals surface area (Å²) in [5.41, 5.74) is 0.736. The van der Waals surface area contributed by atoms with Gasteiger partial charge in [0, 0.05) is 40.8 Å². The van der Waals surface area contributed by atoms with Gasteiger partial charge in [0.2, 0.25) is 0 Å². The van der Waals surface area contributed by atoms with Crippen molar-refractivity contribution in [1.82, 2.24) is 4.98 Å². The molecule has 1 heterocycles. The molecule has 0 bridgehead atoms. The first-order valence-electron chi connectivity index (χ1n) is 18.2. The van der Waals surface area contributed by atoms with Crippen molar-refractivity contribution < 1.29 is 26.0 Å². The number of carbonyl (C=O) groups excluding carboxylic acids is 1. The van der Waals surface area contributed by atoms with Crippen molar-refractivity contribution >= 4 is 5.97 Å². The molecule has 1 rings (SSSR count).